The summed E-state index contributed by atoms with van der Waals surface area (Å²) in [6.07, 6.45) is -2.43. The Bertz CT molecular complexity index is 1040. The molecular formula is C19H25F3N6O3S. The first-order chi connectivity index (χ1) is 14.9. The van der Waals surface area contributed by atoms with Crippen LogP contribution < -0.4 is 15.4 Å². The minimum Gasteiger partial charge on any atom is -0.461 e. The summed E-state index contributed by atoms with van der Waals surface area (Å²) < 4.78 is 69.3. The Hall–Kier alpha value is -2.67. The second-order valence-corrected chi connectivity index (χ2v) is 9.70. The number of sulfonamides is 1. The number of anilines is 3. The Morgan fingerprint density at radius 3 is 2.38 bits per heavy atom. The topological polar surface area (TPSA) is 109 Å². The van der Waals surface area contributed by atoms with Crippen molar-refractivity contribution in [1.82, 2.24) is 19.3 Å². The molecule has 0 spiro atoms. The van der Waals surface area contributed by atoms with Crippen LogP contribution in [0.4, 0.5) is 30.8 Å². The molecule has 2 heterocycles. The Morgan fingerprint density at radius 2 is 1.78 bits per heavy atom. The van der Waals surface area contributed by atoms with Crippen molar-refractivity contribution in [3.8, 4) is 6.01 Å². The highest BCUT2D eigenvalue weighted by atomic mass is 32.2. The highest BCUT2D eigenvalue weighted by molar-refractivity contribution is 7.88. The normalized spacial score (nSPS) is 16.2. The summed E-state index contributed by atoms with van der Waals surface area (Å²) in [5.41, 5.74) is -0.639. The molecule has 1 aromatic heterocycles. The molecule has 2 aromatic rings. The number of hydrogen-bond acceptors (Lipinski definition) is 8. The fourth-order valence-corrected chi connectivity index (χ4v) is 4.03. The maximum Gasteiger partial charge on any atom is 0.416 e. The first kappa shape index (κ1) is 24.0. The van der Waals surface area contributed by atoms with Gasteiger partial charge in [0, 0.05) is 24.8 Å². The number of halogens is 3. The molecule has 0 bridgehead atoms. The third-order valence-corrected chi connectivity index (χ3v) is 5.96. The molecule has 0 atom stereocenters. The quantitative estimate of drug-likeness (QED) is 0.630. The molecule has 13 heteroatoms. The van der Waals surface area contributed by atoms with E-state index >= 15 is 0 Å². The van der Waals surface area contributed by atoms with Crippen LogP contribution in [0.5, 0.6) is 6.01 Å². The van der Waals surface area contributed by atoms with Crippen molar-refractivity contribution < 1.29 is 26.3 Å². The van der Waals surface area contributed by atoms with Crippen LogP contribution in [0.3, 0.4) is 0 Å². The zero-order chi connectivity index (χ0) is 23.5. The van der Waals surface area contributed by atoms with Crippen LogP contribution in [-0.2, 0) is 16.2 Å². The summed E-state index contributed by atoms with van der Waals surface area (Å²) >= 11 is 0. The molecule has 0 unspecified atom stereocenters. The standard InChI is InChI=1S/C19H25F3N6O3S/c1-12(2)31-18-26-16(23-14-7-9-28(10-8-14)32(3,29)30)25-17(27-18)24-15-6-4-5-13(11-15)19(20,21)22/h4-6,11-12,14H,7-10H2,1-3H3,(H2,23,24,25,26,27). The van der Waals surface area contributed by atoms with E-state index in [0.29, 0.717) is 25.9 Å². The van der Waals surface area contributed by atoms with Crippen molar-refractivity contribution in [2.24, 2.45) is 0 Å². The number of alkyl halides is 3. The van der Waals surface area contributed by atoms with E-state index in [1.807, 2.05) is 0 Å². The van der Waals surface area contributed by atoms with Crippen molar-refractivity contribution in [3.63, 3.8) is 0 Å². The zero-order valence-corrected chi connectivity index (χ0v) is 18.7. The van der Waals surface area contributed by atoms with E-state index in [0.717, 1.165) is 12.1 Å². The smallest absolute Gasteiger partial charge is 0.416 e. The van der Waals surface area contributed by atoms with Gasteiger partial charge >= 0.3 is 12.2 Å². The average Bonchev–Trinajstić information content (AvgIpc) is 2.66. The van der Waals surface area contributed by atoms with Gasteiger partial charge in [-0.3, -0.25) is 0 Å². The van der Waals surface area contributed by atoms with Gasteiger partial charge in [-0.05, 0) is 44.9 Å². The van der Waals surface area contributed by atoms with Gasteiger partial charge in [0.25, 0.3) is 0 Å². The van der Waals surface area contributed by atoms with Gasteiger partial charge in [0.05, 0.1) is 17.9 Å². The van der Waals surface area contributed by atoms with Gasteiger partial charge < -0.3 is 15.4 Å². The lowest BCUT2D eigenvalue weighted by Gasteiger charge is -2.30. The van der Waals surface area contributed by atoms with Crippen LogP contribution in [0, 0.1) is 0 Å². The van der Waals surface area contributed by atoms with Crippen molar-refractivity contribution in [2.75, 3.05) is 30.0 Å². The lowest BCUT2D eigenvalue weighted by atomic mass is 10.1. The van der Waals surface area contributed by atoms with Gasteiger partial charge in [0.2, 0.25) is 21.9 Å². The molecule has 0 aliphatic carbocycles. The number of piperidine rings is 1. The second kappa shape index (κ2) is 9.45. The largest absolute Gasteiger partial charge is 0.461 e. The Morgan fingerprint density at radius 1 is 1.12 bits per heavy atom. The Kier molecular flexibility index (Phi) is 7.08. The van der Waals surface area contributed by atoms with Crippen molar-refractivity contribution in [1.29, 1.82) is 0 Å². The highest BCUT2D eigenvalue weighted by Gasteiger charge is 2.30. The molecule has 2 N–H and O–H groups in total. The lowest BCUT2D eigenvalue weighted by molar-refractivity contribution is -0.137. The number of ether oxygens (including phenoxy) is 1. The van der Waals surface area contributed by atoms with Crippen molar-refractivity contribution in [2.45, 2.75) is 45.0 Å². The van der Waals surface area contributed by atoms with E-state index in [1.54, 1.807) is 13.8 Å². The monoisotopic (exact) mass is 474 g/mol. The van der Waals surface area contributed by atoms with Crippen LogP contribution in [0.15, 0.2) is 24.3 Å². The summed E-state index contributed by atoms with van der Waals surface area (Å²) in [6, 6.07) is 4.62. The van der Waals surface area contributed by atoms with Gasteiger partial charge in [-0.2, -0.15) is 28.1 Å². The third kappa shape index (κ3) is 6.66. The maximum atomic E-state index is 13.0. The van der Waals surface area contributed by atoms with E-state index in [9.17, 15) is 21.6 Å². The number of benzene rings is 1. The van der Waals surface area contributed by atoms with Gasteiger partial charge in [-0.25, -0.2) is 12.7 Å². The molecule has 0 radical (unpaired) electrons. The molecule has 32 heavy (non-hydrogen) atoms. The molecule has 1 fully saturated rings. The zero-order valence-electron chi connectivity index (χ0n) is 17.8. The molecule has 9 nitrogen and oxygen atoms in total. The van der Waals surface area contributed by atoms with Crippen LogP contribution in [-0.4, -0.2) is 59.2 Å². The predicted molar refractivity (Wildman–Crippen MR) is 113 cm³/mol. The Labute approximate surface area is 184 Å². The van der Waals surface area contributed by atoms with E-state index < -0.39 is 21.8 Å². The molecule has 1 saturated heterocycles. The molecule has 1 aliphatic heterocycles. The number of nitrogens with zero attached hydrogens (tertiary/aromatic N) is 4. The number of rotatable bonds is 7. The van der Waals surface area contributed by atoms with Gasteiger partial charge in [0.1, 0.15) is 0 Å². The molecule has 3 rings (SSSR count). The summed E-state index contributed by atoms with van der Waals surface area (Å²) in [5, 5.41) is 5.91. The molecule has 0 saturated carbocycles. The van der Waals surface area contributed by atoms with Crippen LogP contribution >= 0.6 is 0 Å². The van der Waals surface area contributed by atoms with Crippen LogP contribution in [0.25, 0.3) is 0 Å². The Balaban J connectivity index is 1.78. The van der Waals surface area contributed by atoms with E-state index in [-0.39, 0.29) is 35.7 Å². The fourth-order valence-electron chi connectivity index (χ4n) is 3.16. The van der Waals surface area contributed by atoms with Crippen molar-refractivity contribution in [3.05, 3.63) is 29.8 Å². The molecule has 176 valence electrons. The molecule has 1 aliphatic rings. The average molecular weight is 475 g/mol. The maximum absolute atomic E-state index is 13.0. The highest BCUT2D eigenvalue weighted by Crippen LogP contribution is 2.31. The van der Waals surface area contributed by atoms with E-state index in [4.69, 9.17) is 4.74 Å². The fraction of sp³-hybridized carbons (Fsp3) is 0.526. The third-order valence-electron chi connectivity index (χ3n) is 4.66. The minimum absolute atomic E-state index is 0.0144. The summed E-state index contributed by atoms with van der Waals surface area (Å²) in [5.74, 6) is 0.203. The van der Waals surface area contributed by atoms with Gasteiger partial charge in [-0.15, -0.1) is 0 Å². The summed E-state index contributed by atoms with van der Waals surface area (Å²) in [4.78, 5) is 12.6. The minimum atomic E-state index is -4.48. The lowest BCUT2D eigenvalue weighted by Crippen LogP contribution is -2.42. The molecule has 0 amide bonds. The van der Waals surface area contributed by atoms with Crippen LogP contribution in [0.1, 0.15) is 32.3 Å². The van der Waals surface area contributed by atoms with Crippen molar-refractivity contribution >= 4 is 27.6 Å². The predicted octanol–water partition coefficient (Wildman–Crippen LogP) is 3.26. The number of aromatic nitrogens is 3. The first-order valence-electron chi connectivity index (χ1n) is 9.99. The van der Waals surface area contributed by atoms with Crippen LogP contribution in [0.2, 0.25) is 0 Å². The molecule has 1 aromatic carbocycles. The summed E-state index contributed by atoms with van der Waals surface area (Å²) in [6.45, 7) is 4.31. The first-order valence-corrected chi connectivity index (χ1v) is 11.8. The van der Waals surface area contributed by atoms with Gasteiger partial charge in [0.15, 0.2) is 0 Å². The number of nitrogens with one attached hydrogen (secondary N) is 2. The molecular weight excluding hydrogens is 449 g/mol. The SMILES string of the molecule is CC(C)Oc1nc(Nc2cccc(C(F)(F)F)c2)nc(NC2CCN(S(C)(=O)=O)CC2)n1. The summed E-state index contributed by atoms with van der Waals surface area (Å²) in [7, 11) is -3.24. The second-order valence-electron chi connectivity index (χ2n) is 7.72. The van der Waals surface area contributed by atoms with E-state index in [2.05, 4.69) is 25.6 Å². The van der Waals surface area contributed by atoms with Gasteiger partial charge in [-0.1, -0.05) is 6.07 Å². The number of hydrogen-bond donors (Lipinski definition) is 2. The van der Waals surface area contributed by atoms with E-state index in [1.165, 1.54) is 22.7 Å².